The molecule has 0 spiro atoms. The lowest BCUT2D eigenvalue weighted by atomic mass is 9.83. The van der Waals surface area contributed by atoms with Crippen molar-refractivity contribution in [2.24, 2.45) is 16.3 Å². The van der Waals surface area contributed by atoms with Gasteiger partial charge < -0.3 is 10.1 Å². The summed E-state index contributed by atoms with van der Waals surface area (Å²) in [5, 5.41) is 9.51. The Hall–Kier alpha value is -3.35. The molecule has 0 radical (unpaired) electrons. The molecule has 3 atom stereocenters. The van der Waals surface area contributed by atoms with E-state index in [1.165, 1.54) is 17.2 Å². The number of aliphatic imine (C=N–C) groups is 1. The smallest absolute Gasteiger partial charge is 0.410 e. The predicted molar refractivity (Wildman–Crippen MR) is 130 cm³/mol. The molecule has 210 valence electrons. The highest BCUT2D eigenvalue weighted by atomic mass is 19.4. The number of benzene rings is 1. The number of aromatic nitrogens is 2. The molecule has 39 heavy (non-hydrogen) atoms. The van der Waals surface area contributed by atoms with E-state index in [0.29, 0.717) is 34.7 Å². The van der Waals surface area contributed by atoms with Gasteiger partial charge >= 0.3 is 18.4 Å². The first kappa shape index (κ1) is 27.2. The second-order valence-corrected chi connectivity index (χ2v) is 10.5. The van der Waals surface area contributed by atoms with E-state index >= 15 is 0 Å². The highest BCUT2D eigenvalue weighted by molar-refractivity contribution is 5.95. The number of dihydropyridines is 1. The van der Waals surface area contributed by atoms with Gasteiger partial charge in [0, 0.05) is 35.5 Å². The van der Waals surface area contributed by atoms with Gasteiger partial charge in [0.05, 0.1) is 18.4 Å². The predicted octanol–water partition coefficient (Wildman–Crippen LogP) is 5.79. The van der Waals surface area contributed by atoms with Gasteiger partial charge in [-0.15, -0.1) is 0 Å². The average Bonchev–Trinajstić information content (AvgIpc) is 3.33. The first-order valence-electron chi connectivity index (χ1n) is 12.5. The Morgan fingerprint density at radius 2 is 2.00 bits per heavy atom. The zero-order chi connectivity index (χ0) is 28.0. The van der Waals surface area contributed by atoms with E-state index in [1.807, 2.05) is 0 Å². The van der Waals surface area contributed by atoms with Crippen LogP contribution in [-0.4, -0.2) is 58.4 Å². The molecule has 0 aliphatic carbocycles. The van der Waals surface area contributed by atoms with Gasteiger partial charge in [-0.3, -0.25) is 15.0 Å². The number of hydrogen-bond donors (Lipinski definition) is 2. The summed E-state index contributed by atoms with van der Waals surface area (Å²) in [7, 11) is 0. The number of carbonyl (C=O) groups excluding carboxylic acids is 1. The molecular formula is C26H27F6N5O2. The summed E-state index contributed by atoms with van der Waals surface area (Å²) in [6.07, 6.45) is -5.11. The first-order valence-corrected chi connectivity index (χ1v) is 12.5. The monoisotopic (exact) mass is 555 g/mol. The summed E-state index contributed by atoms with van der Waals surface area (Å²) in [4.78, 5) is 16.9. The van der Waals surface area contributed by atoms with Crippen LogP contribution in [0, 0.1) is 11.3 Å². The van der Waals surface area contributed by atoms with Crippen LogP contribution in [0.2, 0.25) is 0 Å². The lowest BCUT2D eigenvalue weighted by molar-refractivity contribution is -0.198. The zero-order valence-corrected chi connectivity index (χ0v) is 21.0. The van der Waals surface area contributed by atoms with Crippen LogP contribution >= 0.6 is 0 Å². The number of amides is 1. The largest absolute Gasteiger partial charge is 0.412 e. The molecule has 1 aromatic heterocycles. The third-order valence-corrected chi connectivity index (χ3v) is 7.67. The maximum Gasteiger partial charge on any atom is 0.412 e. The number of fused-ring (bicyclic) bond motifs is 1. The Kier molecular flexibility index (Phi) is 6.98. The summed E-state index contributed by atoms with van der Waals surface area (Å²) in [5.74, 6) is 0.0643. The minimum Gasteiger partial charge on any atom is -0.410 e. The number of nitrogens with zero attached hydrogens (tertiary/aromatic N) is 3. The van der Waals surface area contributed by atoms with Crippen molar-refractivity contribution < 1.29 is 35.9 Å². The van der Waals surface area contributed by atoms with E-state index in [2.05, 4.69) is 20.5 Å². The molecule has 7 nitrogen and oxygen atoms in total. The Labute approximate surface area is 220 Å². The maximum absolute atomic E-state index is 14.2. The van der Waals surface area contributed by atoms with Crippen molar-refractivity contribution in [2.75, 3.05) is 13.1 Å². The lowest BCUT2D eigenvalue weighted by Crippen LogP contribution is -2.50. The molecule has 5 rings (SSSR count). The van der Waals surface area contributed by atoms with E-state index in [4.69, 9.17) is 4.74 Å². The standard InChI is InChI=1S/C26H27F6N5O2/c1-24(26(30,31)32)6-4-19(34-14-24)8-15-5-7-37(21(9-15)25(27,28)29)13-18-12-35-36-22(18)16-2-3-20-17(10-16)11-33-23(38)39-20/h2-4,6,10,12,15,21H,5,7-9,11,13-14H2,1H3,(H,33,38)(H,35,36)/t15-,21?,24?/m0/s1. The fraction of sp³-hybridized carbons (Fsp3) is 0.500. The Morgan fingerprint density at radius 3 is 2.69 bits per heavy atom. The number of ether oxygens (including phenoxy) is 1. The molecule has 3 aliphatic heterocycles. The van der Waals surface area contributed by atoms with Crippen LogP contribution in [-0.2, 0) is 13.1 Å². The molecule has 3 aliphatic rings. The van der Waals surface area contributed by atoms with Crippen molar-refractivity contribution in [1.29, 1.82) is 0 Å². The summed E-state index contributed by atoms with van der Waals surface area (Å²) in [6, 6.07) is 3.43. The minimum absolute atomic E-state index is 0.0117. The average molecular weight is 556 g/mol. The van der Waals surface area contributed by atoms with E-state index in [1.54, 1.807) is 18.2 Å². The SMILES string of the molecule is CC1(C(F)(F)F)C=CC(C[C@@H]2CCN(Cc3cn[nH]c3-c3ccc4c(c3)CNC(=O)O4)C(C(F)(F)F)C2)=NC1. The number of piperidine rings is 1. The maximum atomic E-state index is 14.2. The minimum atomic E-state index is -4.48. The number of rotatable bonds is 5. The number of nitrogens with one attached hydrogen (secondary N) is 2. The molecule has 0 bridgehead atoms. The highest BCUT2D eigenvalue weighted by Crippen LogP contribution is 2.42. The number of aromatic amines is 1. The van der Waals surface area contributed by atoms with Gasteiger partial charge in [0.2, 0.25) is 0 Å². The van der Waals surface area contributed by atoms with Crippen LogP contribution in [0.5, 0.6) is 5.75 Å². The topological polar surface area (TPSA) is 82.6 Å². The molecule has 1 amide bonds. The summed E-state index contributed by atoms with van der Waals surface area (Å²) >= 11 is 0. The van der Waals surface area contributed by atoms with Gasteiger partial charge in [-0.2, -0.15) is 31.4 Å². The van der Waals surface area contributed by atoms with Crippen LogP contribution in [0.1, 0.15) is 37.3 Å². The normalized spacial score (nSPS) is 26.0. The van der Waals surface area contributed by atoms with E-state index in [9.17, 15) is 31.1 Å². The molecule has 0 saturated carbocycles. The van der Waals surface area contributed by atoms with E-state index in [0.717, 1.165) is 18.6 Å². The Bertz CT molecular complexity index is 1300. The molecule has 1 saturated heterocycles. The van der Waals surface area contributed by atoms with Crippen LogP contribution in [0.15, 0.2) is 41.5 Å². The third-order valence-electron chi connectivity index (χ3n) is 7.67. The molecule has 2 N–H and O–H groups in total. The van der Waals surface area contributed by atoms with Crippen LogP contribution in [0.3, 0.4) is 0 Å². The zero-order valence-electron chi connectivity index (χ0n) is 21.0. The van der Waals surface area contributed by atoms with Crippen molar-refractivity contribution in [3.05, 3.63) is 47.7 Å². The molecule has 1 aromatic carbocycles. The second-order valence-electron chi connectivity index (χ2n) is 10.5. The molecule has 1 fully saturated rings. The van der Waals surface area contributed by atoms with Crippen LogP contribution in [0.25, 0.3) is 11.3 Å². The highest BCUT2D eigenvalue weighted by Gasteiger charge is 2.50. The number of carbonyl (C=O) groups is 1. The lowest BCUT2D eigenvalue weighted by Gasteiger charge is -2.40. The van der Waals surface area contributed by atoms with Crippen molar-refractivity contribution in [1.82, 2.24) is 20.4 Å². The fourth-order valence-electron chi connectivity index (χ4n) is 5.24. The van der Waals surface area contributed by atoms with Gasteiger partial charge in [-0.1, -0.05) is 6.08 Å². The van der Waals surface area contributed by atoms with Crippen molar-refractivity contribution in [2.45, 2.75) is 57.7 Å². The number of alkyl halides is 6. The Balaban J connectivity index is 1.28. The quantitative estimate of drug-likeness (QED) is 0.458. The molecular weight excluding hydrogens is 528 g/mol. The van der Waals surface area contributed by atoms with Gasteiger partial charge in [-0.25, -0.2) is 4.79 Å². The number of likely N-dealkylation sites (tertiary alicyclic amines) is 1. The summed E-state index contributed by atoms with van der Waals surface area (Å²) < 4.78 is 87.3. The van der Waals surface area contributed by atoms with Gasteiger partial charge in [-0.05, 0) is 62.9 Å². The second kappa shape index (κ2) is 10.00. The summed E-state index contributed by atoms with van der Waals surface area (Å²) in [5.41, 5.74) is 0.946. The van der Waals surface area contributed by atoms with E-state index in [-0.39, 0.29) is 38.4 Å². The number of hydrogen-bond acceptors (Lipinski definition) is 5. The van der Waals surface area contributed by atoms with Crippen LogP contribution in [0.4, 0.5) is 31.1 Å². The molecule has 2 unspecified atom stereocenters. The number of H-pyrrole nitrogens is 1. The molecule has 2 aromatic rings. The van der Waals surface area contributed by atoms with Crippen molar-refractivity contribution >= 4 is 11.8 Å². The number of halogens is 6. The third kappa shape index (κ3) is 5.68. The van der Waals surface area contributed by atoms with Crippen molar-refractivity contribution in [3.63, 3.8) is 0 Å². The van der Waals surface area contributed by atoms with Gasteiger partial charge in [0.1, 0.15) is 17.2 Å². The molecule has 4 heterocycles. The number of allylic oxidation sites excluding steroid dienone is 1. The fourth-order valence-corrected chi connectivity index (χ4v) is 5.24. The Morgan fingerprint density at radius 1 is 1.21 bits per heavy atom. The van der Waals surface area contributed by atoms with Crippen LogP contribution < -0.4 is 10.1 Å². The van der Waals surface area contributed by atoms with Gasteiger partial charge in [0.25, 0.3) is 0 Å². The first-order chi connectivity index (χ1) is 18.3. The van der Waals surface area contributed by atoms with E-state index < -0.39 is 36.4 Å². The molecule has 13 heteroatoms. The van der Waals surface area contributed by atoms with Gasteiger partial charge in [0.15, 0.2) is 0 Å². The summed E-state index contributed by atoms with van der Waals surface area (Å²) in [6.45, 7) is 1.04. The van der Waals surface area contributed by atoms with Crippen molar-refractivity contribution in [3.8, 4) is 17.0 Å².